The molecule has 0 spiro atoms. The predicted octanol–water partition coefficient (Wildman–Crippen LogP) is 2.70. The van der Waals surface area contributed by atoms with Gasteiger partial charge in [-0.15, -0.1) is 11.6 Å². The van der Waals surface area contributed by atoms with E-state index in [2.05, 4.69) is 34.6 Å². The number of benzene rings is 1. The quantitative estimate of drug-likeness (QED) is 0.555. The zero-order valence-corrected chi connectivity index (χ0v) is 13.9. The molecule has 1 aromatic carbocycles. The van der Waals surface area contributed by atoms with Crippen LogP contribution in [0.1, 0.15) is 11.4 Å². The molecule has 0 aliphatic carbocycles. The maximum atomic E-state index is 5.90. The second-order valence-electron chi connectivity index (χ2n) is 5.48. The van der Waals surface area contributed by atoms with E-state index in [0.29, 0.717) is 12.5 Å². The Hall–Kier alpha value is -1.10. The third kappa shape index (κ3) is 4.19. The van der Waals surface area contributed by atoms with Gasteiger partial charge in [0.25, 0.3) is 0 Å². The number of halogens is 1. The smallest absolute Gasteiger partial charge is 0.111 e. The Morgan fingerprint density at radius 3 is 2.81 bits per heavy atom. The lowest BCUT2D eigenvalue weighted by Gasteiger charge is -2.12. The first-order valence-corrected chi connectivity index (χ1v) is 7.90. The van der Waals surface area contributed by atoms with Crippen molar-refractivity contribution < 1.29 is 4.74 Å². The van der Waals surface area contributed by atoms with Gasteiger partial charge in [0.1, 0.15) is 5.82 Å². The molecule has 0 bridgehead atoms. The zero-order valence-electron chi connectivity index (χ0n) is 13.1. The number of rotatable bonds is 8. The van der Waals surface area contributed by atoms with Gasteiger partial charge in [0.15, 0.2) is 0 Å². The summed E-state index contributed by atoms with van der Waals surface area (Å²) >= 11 is 5.90. The molecule has 0 N–H and O–H groups in total. The van der Waals surface area contributed by atoms with Crippen LogP contribution in [0.4, 0.5) is 0 Å². The van der Waals surface area contributed by atoms with Crippen LogP contribution in [0, 0.1) is 6.92 Å². The normalized spacial score (nSPS) is 11.7. The lowest BCUT2D eigenvalue weighted by Crippen LogP contribution is -2.19. The molecule has 1 aromatic heterocycles. The number of likely N-dealkylation sites (N-methyl/N-ethyl adjacent to an activating group) is 1. The molecule has 0 saturated heterocycles. The van der Waals surface area contributed by atoms with Gasteiger partial charge in [-0.1, -0.05) is 12.1 Å². The van der Waals surface area contributed by atoms with Crippen LogP contribution < -0.4 is 0 Å². The van der Waals surface area contributed by atoms with Crippen molar-refractivity contribution in [2.45, 2.75) is 19.9 Å². The standard InChI is InChI=1S/C16H24ClN3O/c1-13-5-4-6-14-16(13)18-15(7-8-17)20(14)10-12-21-11-9-19(2)3/h4-6H,7-12H2,1-3H3. The van der Waals surface area contributed by atoms with Crippen molar-refractivity contribution in [3.05, 3.63) is 29.6 Å². The minimum absolute atomic E-state index is 0.587. The van der Waals surface area contributed by atoms with Gasteiger partial charge in [-0.2, -0.15) is 0 Å². The van der Waals surface area contributed by atoms with E-state index in [-0.39, 0.29) is 0 Å². The molecule has 116 valence electrons. The molecule has 0 atom stereocenters. The molecule has 2 rings (SSSR count). The molecule has 0 amide bonds. The molecule has 0 saturated carbocycles. The van der Waals surface area contributed by atoms with Gasteiger partial charge in [-0.25, -0.2) is 4.98 Å². The summed E-state index contributed by atoms with van der Waals surface area (Å²) in [6.45, 7) is 5.31. The van der Waals surface area contributed by atoms with E-state index < -0.39 is 0 Å². The summed E-state index contributed by atoms with van der Waals surface area (Å²) in [5.74, 6) is 1.63. The molecule has 5 heteroatoms. The van der Waals surface area contributed by atoms with Crippen LogP contribution in [-0.2, 0) is 17.7 Å². The Morgan fingerprint density at radius 1 is 1.29 bits per heavy atom. The van der Waals surface area contributed by atoms with Crippen molar-refractivity contribution in [3.63, 3.8) is 0 Å². The summed E-state index contributed by atoms with van der Waals surface area (Å²) in [4.78, 5) is 6.86. The fourth-order valence-corrected chi connectivity index (χ4v) is 2.53. The number of para-hydroxylation sites is 1. The molecule has 0 radical (unpaired) electrons. The van der Waals surface area contributed by atoms with Crippen molar-refractivity contribution in [1.29, 1.82) is 0 Å². The maximum Gasteiger partial charge on any atom is 0.111 e. The number of alkyl halides is 1. The Labute approximate surface area is 131 Å². The number of fused-ring (bicyclic) bond motifs is 1. The summed E-state index contributed by atoms with van der Waals surface area (Å²) in [6, 6.07) is 6.29. The van der Waals surface area contributed by atoms with Crippen molar-refractivity contribution in [2.24, 2.45) is 0 Å². The highest BCUT2D eigenvalue weighted by atomic mass is 35.5. The number of ether oxygens (including phenoxy) is 1. The maximum absolute atomic E-state index is 5.90. The fraction of sp³-hybridized carbons (Fsp3) is 0.562. The topological polar surface area (TPSA) is 30.3 Å². The van der Waals surface area contributed by atoms with E-state index in [9.17, 15) is 0 Å². The van der Waals surface area contributed by atoms with Crippen molar-refractivity contribution in [2.75, 3.05) is 39.7 Å². The van der Waals surface area contributed by atoms with Crippen LogP contribution in [0.5, 0.6) is 0 Å². The average molecular weight is 310 g/mol. The Balaban J connectivity index is 2.09. The van der Waals surface area contributed by atoms with Crippen LogP contribution in [0.2, 0.25) is 0 Å². The summed E-state index contributed by atoms with van der Waals surface area (Å²) < 4.78 is 7.94. The van der Waals surface area contributed by atoms with E-state index in [1.54, 1.807) is 0 Å². The molecule has 2 aromatic rings. The molecule has 0 fully saturated rings. The first kappa shape index (κ1) is 16.3. The lowest BCUT2D eigenvalue weighted by atomic mass is 10.2. The number of hydrogen-bond donors (Lipinski definition) is 0. The fourth-order valence-electron chi connectivity index (χ4n) is 2.37. The molecule has 21 heavy (non-hydrogen) atoms. The van der Waals surface area contributed by atoms with Crippen LogP contribution >= 0.6 is 11.6 Å². The molecule has 4 nitrogen and oxygen atoms in total. The molecule has 0 aliphatic heterocycles. The third-order valence-electron chi connectivity index (χ3n) is 3.52. The minimum atomic E-state index is 0.587. The van der Waals surface area contributed by atoms with E-state index in [1.165, 1.54) is 11.1 Å². The minimum Gasteiger partial charge on any atom is -0.378 e. The SMILES string of the molecule is Cc1cccc2c1nc(CCCl)n2CCOCCN(C)C. The monoisotopic (exact) mass is 309 g/mol. The summed E-state index contributed by atoms with van der Waals surface area (Å²) in [7, 11) is 4.10. The highest BCUT2D eigenvalue weighted by molar-refractivity contribution is 6.17. The number of imidazole rings is 1. The first-order valence-electron chi connectivity index (χ1n) is 7.36. The van der Waals surface area contributed by atoms with E-state index in [4.69, 9.17) is 21.3 Å². The number of aryl methyl sites for hydroxylation is 2. The van der Waals surface area contributed by atoms with Crippen molar-refractivity contribution in [1.82, 2.24) is 14.5 Å². The van der Waals surface area contributed by atoms with Gasteiger partial charge >= 0.3 is 0 Å². The van der Waals surface area contributed by atoms with Gasteiger partial charge in [0, 0.05) is 25.4 Å². The largest absolute Gasteiger partial charge is 0.378 e. The van der Waals surface area contributed by atoms with Crippen LogP contribution in [0.25, 0.3) is 11.0 Å². The van der Waals surface area contributed by atoms with E-state index in [1.807, 2.05) is 14.1 Å². The first-order chi connectivity index (χ1) is 10.1. The highest BCUT2D eigenvalue weighted by Crippen LogP contribution is 2.20. The second-order valence-corrected chi connectivity index (χ2v) is 5.85. The van der Waals surface area contributed by atoms with Crippen LogP contribution in [-0.4, -0.2) is 54.2 Å². The lowest BCUT2D eigenvalue weighted by molar-refractivity contribution is 0.111. The highest BCUT2D eigenvalue weighted by Gasteiger charge is 2.11. The second kappa shape index (κ2) is 7.78. The van der Waals surface area contributed by atoms with Gasteiger partial charge in [-0.05, 0) is 32.6 Å². The average Bonchev–Trinajstić information content (AvgIpc) is 2.78. The van der Waals surface area contributed by atoms with Gasteiger partial charge in [0.2, 0.25) is 0 Å². The van der Waals surface area contributed by atoms with Gasteiger partial charge < -0.3 is 14.2 Å². The van der Waals surface area contributed by atoms with Crippen molar-refractivity contribution in [3.8, 4) is 0 Å². The molecular formula is C16H24ClN3O. The van der Waals surface area contributed by atoms with Crippen LogP contribution in [0.15, 0.2) is 18.2 Å². The Bertz CT molecular complexity index is 580. The number of hydrogen-bond acceptors (Lipinski definition) is 3. The molecule has 0 unspecified atom stereocenters. The van der Waals surface area contributed by atoms with E-state index in [0.717, 1.165) is 37.5 Å². The third-order valence-corrected chi connectivity index (χ3v) is 3.71. The van der Waals surface area contributed by atoms with Gasteiger partial charge in [0.05, 0.1) is 24.2 Å². The molecule has 0 aliphatic rings. The summed E-state index contributed by atoms with van der Waals surface area (Å²) in [5.41, 5.74) is 3.45. The van der Waals surface area contributed by atoms with Crippen LogP contribution in [0.3, 0.4) is 0 Å². The molecule has 1 heterocycles. The van der Waals surface area contributed by atoms with E-state index >= 15 is 0 Å². The van der Waals surface area contributed by atoms with Gasteiger partial charge in [-0.3, -0.25) is 0 Å². The predicted molar refractivity (Wildman–Crippen MR) is 88.3 cm³/mol. The number of nitrogens with zero attached hydrogens (tertiary/aromatic N) is 3. The Morgan fingerprint density at radius 2 is 2.10 bits per heavy atom. The summed E-state index contributed by atoms with van der Waals surface area (Å²) in [5, 5.41) is 0. The zero-order chi connectivity index (χ0) is 15.2. The van der Waals surface area contributed by atoms with Crippen molar-refractivity contribution >= 4 is 22.6 Å². The number of aromatic nitrogens is 2. The Kier molecular flexibility index (Phi) is 6.03. The summed E-state index contributed by atoms with van der Waals surface area (Å²) in [6.07, 6.45) is 0.785. The molecular weight excluding hydrogens is 286 g/mol.